The maximum Gasteiger partial charge on any atom is 0.421 e. The number of carbonyl (C=O) groups is 5. The predicted molar refractivity (Wildman–Crippen MR) is 233 cm³/mol. The van der Waals surface area contributed by atoms with Crippen molar-refractivity contribution in [1.29, 1.82) is 0 Å². The Morgan fingerprint density at radius 2 is 1.67 bits per heavy atom. The summed E-state index contributed by atoms with van der Waals surface area (Å²) in [5.41, 5.74) is 1.11. The lowest BCUT2D eigenvalue weighted by molar-refractivity contribution is -0.138. The first-order valence-electron chi connectivity index (χ1n) is 20.6. The van der Waals surface area contributed by atoms with Crippen molar-refractivity contribution in [2.24, 2.45) is 0 Å². The maximum atomic E-state index is 13.9. The highest BCUT2D eigenvalue weighted by atomic mass is 32.2. The van der Waals surface area contributed by atoms with Gasteiger partial charge in [-0.3, -0.25) is 38.5 Å². The summed E-state index contributed by atoms with van der Waals surface area (Å²) in [6.45, 7) is 1.19. The minimum absolute atomic E-state index is 0.0314. The molecule has 5 aromatic rings. The molecule has 352 valence electrons. The predicted octanol–water partition coefficient (Wildman–Crippen LogP) is 3.55. The molecular formula is C42H43F3N12O9S. The van der Waals surface area contributed by atoms with Gasteiger partial charge in [-0.2, -0.15) is 18.2 Å². The molecule has 0 bridgehead atoms. The number of alkyl halides is 3. The van der Waals surface area contributed by atoms with Crippen molar-refractivity contribution in [2.75, 3.05) is 60.0 Å². The van der Waals surface area contributed by atoms with E-state index in [9.17, 15) is 45.6 Å². The molecule has 1 saturated heterocycles. The van der Waals surface area contributed by atoms with E-state index in [1.807, 2.05) is 0 Å². The van der Waals surface area contributed by atoms with Crippen LogP contribution in [0.5, 0.6) is 0 Å². The molecule has 0 saturated carbocycles. The highest BCUT2D eigenvalue weighted by Crippen LogP contribution is 2.35. The van der Waals surface area contributed by atoms with E-state index in [2.05, 4.69) is 46.5 Å². The van der Waals surface area contributed by atoms with Gasteiger partial charge in [0.15, 0.2) is 5.69 Å². The number of hydrogen-bond acceptors (Lipinski definition) is 16. The standard InChI is InChI=1S/C42H43F3N12O9S/c1-55(67(2,63)64)36-26(7-4-16-46-36)22-47-35-30(42(43,44)45)23-48-41(52-35)50-28-12-10-27(11-13-28)49-37(59)31-24-56(54-53-31)17-19-66-21-20-65-18-5-8-25-6-3-9-29-34(25)40(62)57(39(29)61)32-14-15-33(58)51-38(32)60/h3-4,6-7,9-13,16,23-24,32H,5,8,14-15,17-22H2,1-2H3,(H,49,59)(H,51,58,60)(H2,47,48,50,52). The lowest BCUT2D eigenvalue weighted by Gasteiger charge is -2.27. The molecule has 1 atom stereocenters. The van der Waals surface area contributed by atoms with Crippen LogP contribution in [0.15, 0.2) is 73.2 Å². The summed E-state index contributed by atoms with van der Waals surface area (Å²) in [4.78, 5) is 76.1. The number of fused-ring (bicyclic) bond motifs is 1. The molecule has 67 heavy (non-hydrogen) atoms. The summed E-state index contributed by atoms with van der Waals surface area (Å²) in [5.74, 6) is -3.46. The van der Waals surface area contributed by atoms with Gasteiger partial charge in [-0.05, 0) is 61.2 Å². The fourth-order valence-electron chi connectivity index (χ4n) is 7.08. The zero-order chi connectivity index (χ0) is 47.9. The first-order valence-corrected chi connectivity index (χ1v) is 22.5. The van der Waals surface area contributed by atoms with Crippen LogP contribution in [0, 0.1) is 0 Å². The number of nitrogens with zero attached hydrogens (tertiary/aromatic N) is 8. The summed E-state index contributed by atoms with van der Waals surface area (Å²) in [5, 5.41) is 18.2. The zero-order valence-corrected chi connectivity index (χ0v) is 36.7. The fourth-order valence-corrected chi connectivity index (χ4v) is 7.56. The Balaban J connectivity index is 0.822. The minimum atomic E-state index is -4.81. The number of ether oxygens (including phenoxy) is 2. The molecule has 0 spiro atoms. The number of carbonyl (C=O) groups excluding carboxylic acids is 5. The van der Waals surface area contributed by atoms with Crippen LogP contribution in [0.4, 0.5) is 42.1 Å². The smallest absolute Gasteiger partial charge is 0.379 e. The largest absolute Gasteiger partial charge is 0.421 e. The van der Waals surface area contributed by atoms with Gasteiger partial charge in [0.25, 0.3) is 17.7 Å². The Kier molecular flexibility index (Phi) is 14.5. The first kappa shape index (κ1) is 47.6. The third kappa shape index (κ3) is 11.5. The average Bonchev–Trinajstić information content (AvgIpc) is 3.87. The molecule has 21 nitrogen and oxygen atoms in total. The summed E-state index contributed by atoms with van der Waals surface area (Å²) in [6, 6.07) is 13.2. The summed E-state index contributed by atoms with van der Waals surface area (Å²) >= 11 is 0. The van der Waals surface area contributed by atoms with E-state index in [-0.39, 0.29) is 74.3 Å². The number of aromatic nitrogens is 6. The van der Waals surface area contributed by atoms with E-state index in [1.54, 1.807) is 42.5 Å². The highest BCUT2D eigenvalue weighted by Gasteiger charge is 2.45. The molecule has 4 N–H and O–H groups in total. The second-order valence-electron chi connectivity index (χ2n) is 15.2. The second-order valence-corrected chi connectivity index (χ2v) is 17.2. The Hall–Kier alpha value is -7.38. The van der Waals surface area contributed by atoms with Gasteiger partial charge < -0.3 is 25.4 Å². The number of hydrogen-bond donors (Lipinski definition) is 4. The lowest BCUT2D eigenvalue weighted by Crippen LogP contribution is -2.54. The number of aryl methyl sites for hydroxylation is 1. The minimum Gasteiger partial charge on any atom is -0.379 e. The van der Waals surface area contributed by atoms with Crippen molar-refractivity contribution >= 4 is 68.5 Å². The van der Waals surface area contributed by atoms with Crippen molar-refractivity contribution in [2.45, 2.75) is 51.0 Å². The Morgan fingerprint density at radius 1 is 0.940 bits per heavy atom. The molecular weight excluding hydrogens is 906 g/mol. The average molecular weight is 949 g/mol. The number of piperidine rings is 1. The molecule has 7 rings (SSSR count). The van der Waals surface area contributed by atoms with E-state index in [0.717, 1.165) is 15.5 Å². The number of sulfonamides is 1. The Bertz CT molecular complexity index is 2790. The van der Waals surface area contributed by atoms with E-state index >= 15 is 0 Å². The van der Waals surface area contributed by atoms with Gasteiger partial charge in [0.05, 0.1) is 49.9 Å². The molecule has 3 aromatic heterocycles. The van der Waals surface area contributed by atoms with E-state index < -0.39 is 63.2 Å². The summed E-state index contributed by atoms with van der Waals surface area (Å²) < 4.78 is 79.6. The van der Waals surface area contributed by atoms with Crippen molar-refractivity contribution in [3.8, 4) is 0 Å². The monoisotopic (exact) mass is 948 g/mol. The van der Waals surface area contributed by atoms with Crippen LogP contribution in [0.3, 0.4) is 0 Å². The molecule has 2 aromatic carbocycles. The third-order valence-corrected chi connectivity index (χ3v) is 11.7. The SMILES string of the molecule is CN(c1ncccc1CNc1nc(Nc2ccc(NC(=O)c3cn(CCOCCOCCCc4cccc5c4C(=O)N(C4CCC(=O)NC4=O)C5=O)nn3)cc2)ncc1C(F)(F)F)S(C)(=O)=O. The summed E-state index contributed by atoms with van der Waals surface area (Å²) in [7, 11) is -2.43. The molecule has 1 fully saturated rings. The van der Waals surface area contributed by atoms with Gasteiger partial charge in [-0.25, -0.2) is 23.1 Å². The van der Waals surface area contributed by atoms with Gasteiger partial charge >= 0.3 is 6.18 Å². The number of rotatable bonds is 20. The van der Waals surface area contributed by atoms with Crippen LogP contribution in [-0.4, -0.2) is 119 Å². The Labute approximate surface area is 380 Å². The normalized spacial score (nSPS) is 15.1. The van der Waals surface area contributed by atoms with Crippen molar-refractivity contribution in [3.05, 3.63) is 107 Å². The number of halogens is 3. The van der Waals surface area contributed by atoms with Gasteiger partial charge in [0.2, 0.25) is 27.8 Å². The fraction of sp³-hybridized carbons (Fsp3) is 0.333. The Morgan fingerprint density at radius 3 is 2.40 bits per heavy atom. The van der Waals surface area contributed by atoms with E-state index in [4.69, 9.17) is 9.47 Å². The molecule has 0 aliphatic carbocycles. The topological polar surface area (TPSA) is 262 Å². The summed E-state index contributed by atoms with van der Waals surface area (Å²) in [6.07, 6.45) is 0.708. The van der Waals surface area contributed by atoms with Crippen LogP contribution in [0.1, 0.15) is 67.2 Å². The number of pyridine rings is 1. The van der Waals surface area contributed by atoms with Crippen LogP contribution in [0.2, 0.25) is 0 Å². The lowest BCUT2D eigenvalue weighted by atomic mass is 9.99. The number of amides is 5. The van der Waals surface area contributed by atoms with Gasteiger partial charge in [-0.15, -0.1) is 5.10 Å². The van der Waals surface area contributed by atoms with Gasteiger partial charge in [0.1, 0.15) is 23.2 Å². The van der Waals surface area contributed by atoms with Crippen molar-refractivity contribution in [3.63, 3.8) is 0 Å². The molecule has 5 heterocycles. The van der Waals surface area contributed by atoms with Crippen LogP contribution in [0.25, 0.3) is 0 Å². The quantitative estimate of drug-likeness (QED) is 0.0642. The van der Waals surface area contributed by atoms with Crippen LogP contribution >= 0.6 is 0 Å². The number of benzene rings is 2. The van der Waals surface area contributed by atoms with E-state index in [0.29, 0.717) is 48.1 Å². The van der Waals surface area contributed by atoms with Crippen LogP contribution < -0.4 is 25.6 Å². The molecule has 2 aliphatic rings. The molecule has 25 heteroatoms. The van der Waals surface area contributed by atoms with Gasteiger partial charge in [0, 0.05) is 56.0 Å². The van der Waals surface area contributed by atoms with Crippen molar-refractivity contribution < 1.29 is 55.0 Å². The van der Waals surface area contributed by atoms with Crippen LogP contribution in [-0.2, 0) is 54.8 Å². The van der Waals surface area contributed by atoms with Crippen molar-refractivity contribution in [1.82, 2.24) is 40.2 Å². The molecule has 2 aliphatic heterocycles. The number of imide groups is 2. The maximum absolute atomic E-state index is 13.9. The number of nitrogens with one attached hydrogen (secondary N) is 4. The molecule has 0 radical (unpaired) electrons. The molecule has 1 unspecified atom stereocenters. The highest BCUT2D eigenvalue weighted by molar-refractivity contribution is 7.92. The third-order valence-electron chi connectivity index (χ3n) is 10.5. The molecule has 5 amide bonds. The second kappa shape index (κ2) is 20.4. The zero-order valence-electron chi connectivity index (χ0n) is 35.9. The van der Waals surface area contributed by atoms with E-state index in [1.165, 1.54) is 36.3 Å². The van der Waals surface area contributed by atoms with Gasteiger partial charge in [-0.1, -0.05) is 23.4 Å². The first-order chi connectivity index (χ1) is 32.0. The number of anilines is 5.